The van der Waals surface area contributed by atoms with Gasteiger partial charge < -0.3 is 10.6 Å². The maximum absolute atomic E-state index is 12.6. The summed E-state index contributed by atoms with van der Waals surface area (Å²) in [5.74, 6) is -0.343. The van der Waals surface area contributed by atoms with Crippen LogP contribution in [0.3, 0.4) is 0 Å². The van der Waals surface area contributed by atoms with Crippen LogP contribution in [0.5, 0.6) is 0 Å². The van der Waals surface area contributed by atoms with E-state index in [9.17, 15) is 22.8 Å². The molecule has 9 heteroatoms. The fourth-order valence-electron chi connectivity index (χ4n) is 2.70. The second-order valence-electron chi connectivity index (χ2n) is 6.57. The molecule has 1 heterocycles. The molecule has 1 amide bonds. The van der Waals surface area contributed by atoms with Gasteiger partial charge in [0.25, 0.3) is 11.5 Å². The quantitative estimate of drug-likeness (QED) is 0.743. The topological polar surface area (TPSA) is 86.9 Å². The summed E-state index contributed by atoms with van der Waals surface area (Å²) >= 11 is 0. The first-order valence-corrected chi connectivity index (χ1v) is 8.58. The van der Waals surface area contributed by atoms with Crippen LogP contribution in [0.2, 0.25) is 0 Å². The van der Waals surface area contributed by atoms with Gasteiger partial charge in [0.1, 0.15) is 5.69 Å². The lowest BCUT2D eigenvalue weighted by atomic mass is 9.93. The number of nitrogens with one attached hydrogen (secondary N) is 3. The normalized spacial score (nSPS) is 15.7. The van der Waals surface area contributed by atoms with E-state index in [1.165, 1.54) is 12.1 Å². The van der Waals surface area contributed by atoms with Crippen molar-refractivity contribution >= 4 is 11.9 Å². The van der Waals surface area contributed by atoms with Crippen LogP contribution < -0.4 is 16.2 Å². The average molecular weight is 380 g/mol. The van der Waals surface area contributed by atoms with E-state index in [1.54, 1.807) is 6.92 Å². The summed E-state index contributed by atoms with van der Waals surface area (Å²) in [6.45, 7) is 1.64. The standard InChI is InChI=1S/C18H19F3N4O2/c1-10(11-5-7-12(8-6-11)18(19,20)21)22-16(27)14-9-15(26)25-17(24-14)23-13-3-2-4-13/h5-10,13H,2-4H2,1H3,(H,22,27)(H2,23,24,25,26)/t10-/m1/s1. The minimum Gasteiger partial charge on any atom is -0.353 e. The van der Waals surface area contributed by atoms with E-state index in [0.29, 0.717) is 5.56 Å². The molecular weight excluding hydrogens is 361 g/mol. The van der Waals surface area contributed by atoms with Crippen molar-refractivity contribution < 1.29 is 18.0 Å². The molecule has 0 unspecified atom stereocenters. The number of amides is 1. The Kier molecular flexibility index (Phi) is 5.20. The molecule has 3 N–H and O–H groups in total. The fraction of sp³-hybridized carbons (Fsp3) is 0.389. The lowest BCUT2D eigenvalue weighted by Crippen LogP contribution is -2.32. The van der Waals surface area contributed by atoms with E-state index in [0.717, 1.165) is 37.5 Å². The number of nitrogens with zero attached hydrogens (tertiary/aromatic N) is 1. The summed E-state index contributed by atoms with van der Waals surface area (Å²) < 4.78 is 37.9. The van der Waals surface area contributed by atoms with E-state index in [2.05, 4.69) is 20.6 Å². The molecule has 0 aliphatic heterocycles. The molecule has 27 heavy (non-hydrogen) atoms. The van der Waals surface area contributed by atoms with Gasteiger partial charge in [0.05, 0.1) is 11.6 Å². The number of benzene rings is 1. The van der Waals surface area contributed by atoms with Crippen molar-refractivity contribution in [3.05, 3.63) is 57.5 Å². The zero-order chi connectivity index (χ0) is 19.6. The zero-order valence-electron chi connectivity index (χ0n) is 14.6. The van der Waals surface area contributed by atoms with Crippen molar-refractivity contribution in [2.24, 2.45) is 0 Å². The van der Waals surface area contributed by atoms with Crippen LogP contribution >= 0.6 is 0 Å². The van der Waals surface area contributed by atoms with E-state index in [-0.39, 0.29) is 17.7 Å². The number of alkyl halides is 3. The van der Waals surface area contributed by atoms with Crippen molar-refractivity contribution in [3.63, 3.8) is 0 Å². The SMILES string of the molecule is C[C@@H](NC(=O)c1cc(=O)[nH]c(NC2CCC2)n1)c1ccc(C(F)(F)F)cc1. The van der Waals surface area contributed by atoms with Crippen LogP contribution in [0.15, 0.2) is 35.1 Å². The molecule has 1 saturated carbocycles. The summed E-state index contributed by atoms with van der Waals surface area (Å²) in [6.07, 6.45) is -1.35. The molecule has 3 rings (SSSR count). The predicted molar refractivity (Wildman–Crippen MR) is 93.4 cm³/mol. The molecule has 0 saturated heterocycles. The predicted octanol–water partition coefficient (Wildman–Crippen LogP) is 3.24. The van der Waals surface area contributed by atoms with E-state index < -0.39 is 29.2 Å². The van der Waals surface area contributed by atoms with Crippen LogP contribution in [0.1, 0.15) is 53.8 Å². The second-order valence-corrected chi connectivity index (χ2v) is 6.57. The molecule has 0 radical (unpaired) electrons. The van der Waals surface area contributed by atoms with Crippen molar-refractivity contribution in [3.8, 4) is 0 Å². The molecule has 1 aliphatic rings. The first-order valence-electron chi connectivity index (χ1n) is 8.58. The molecule has 1 aromatic carbocycles. The molecule has 1 atom stereocenters. The maximum atomic E-state index is 12.6. The molecule has 1 aliphatic carbocycles. The monoisotopic (exact) mass is 380 g/mol. The number of hydrogen-bond donors (Lipinski definition) is 3. The Hall–Kier alpha value is -2.84. The third-order valence-corrected chi connectivity index (χ3v) is 4.51. The van der Waals surface area contributed by atoms with Crippen molar-refractivity contribution in [2.75, 3.05) is 5.32 Å². The van der Waals surface area contributed by atoms with Gasteiger partial charge in [0, 0.05) is 12.1 Å². The van der Waals surface area contributed by atoms with Crippen LogP contribution in [0.4, 0.5) is 19.1 Å². The summed E-state index contributed by atoms with van der Waals surface area (Å²) in [4.78, 5) is 30.8. The summed E-state index contributed by atoms with van der Waals surface area (Å²) in [6, 6.07) is 5.31. The van der Waals surface area contributed by atoms with E-state index in [1.807, 2.05) is 0 Å². The third kappa shape index (κ3) is 4.66. The van der Waals surface area contributed by atoms with Crippen LogP contribution in [0.25, 0.3) is 0 Å². The molecular formula is C18H19F3N4O2. The Morgan fingerprint density at radius 1 is 1.26 bits per heavy atom. The minimum absolute atomic E-state index is 0.0562. The Morgan fingerprint density at radius 3 is 2.48 bits per heavy atom. The molecule has 6 nitrogen and oxygen atoms in total. The number of hydrogen-bond acceptors (Lipinski definition) is 4. The number of carbonyl (C=O) groups excluding carboxylic acids is 1. The van der Waals surface area contributed by atoms with Gasteiger partial charge >= 0.3 is 6.18 Å². The number of aromatic nitrogens is 2. The van der Waals surface area contributed by atoms with Crippen molar-refractivity contribution in [1.82, 2.24) is 15.3 Å². The molecule has 2 aromatic rings. The van der Waals surface area contributed by atoms with Gasteiger partial charge in [-0.3, -0.25) is 14.6 Å². The van der Waals surface area contributed by atoms with Gasteiger partial charge in [-0.2, -0.15) is 13.2 Å². The van der Waals surface area contributed by atoms with Gasteiger partial charge in [-0.15, -0.1) is 0 Å². The number of aromatic amines is 1. The summed E-state index contributed by atoms with van der Waals surface area (Å²) in [7, 11) is 0. The first kappa shape index (κ1) is 18.9. The van der Waals surface area contributed by atoms with Gasteiger partial charge in [0.2, 0.25) is 5.95 Å². The Labute approximate surface area is 153 Å². The molecule has 1 fully saturated rings. The van der Waals surface area contributed by atoms with Crippen LogP contribution in [-0.4, -0.2) is 21.9 Å². The van der Waals surface area contributed by atoms with Gasteiger partial charge in [-0.1, -0.05) is 12.1 Å². The van der Waals surface area contributed by atoms with Gasteiger partial charge in [-0.05, 0) is 43.9 Å². The lowest BCUT2D eigenvalue weighted by molar-refractivity contribution is -0.137. The number of anilines is 1. The Bertz CT molecular complexity index is 873. The Morgan fingerprint density at radius 2 is 1.93 bits per heavy atom. The summed E-state index contributed by atoms with van der Waals surface area (Å²) in [5, 5.41) is 5.71. The molecule has 144 valence electrons. The summed E-state index contributed by atoms with van der Waals surface area (Å²) in [5.41, 5.74) is -0.764. The highest BCUT2D eigenvalue weighted by molar-refractivity contribution is 5.92. The zero-order valence-corrected chi connectivity index (χ0v) is 14.6. The Balaban J connectivity index is 1.69. The largest absolute Gasteiger partial charge is 0.416 e. The fourth-order valence-corrected chi connectivity index (χ4v) is 2.70. The molecule has 0 bridgehead atoms. The smallest absolute Gasteiger partial charge is 0.353 e. The van der Waals surface area contributed by atoms with E-state index >= 15 is 0 Å². The molecule has 0 spiro atoms. The number of carbonyl (C=O) groups is 1. The molecule has 1 aromatic heterocycles. The average Bonchev–Trinajstić information content (AvgIpc) is 2.57. The van der Waals surface area contributed by atoms with Crippen molar-refractivity contribution in [2.45, 2.75) is 44.4 Å². The maximum Gasteiger partial charge on any atom is 0.416 e. The van der Waals surface area contributed by atoms with E-state index in [4.69, 9.17) is 0 Å². The third-order valence-electron chi connectivity index (χ3n) is 4.51. The van der Waals surface area contributed by atoms with Crippen LogP contribution in [-0.2, 0) is 6.18 Å². The first-order chi connectivity index (χ1) is 12.7. The van der Waals surface area contributed by atoms with Crippen molar-refractivity contribution in [1.29, 1.82) is 0 Å². The highest BCUT2D eigenvalue weighted by Gasteiger charge is 2.30. The van der Waals surface area contributed by atoms with Gasteiger partial charge in [-0.25, -0.2) is 4.98 Å². The lowest BCUT2D eigenvalue weighted by Gasteiger charge is -2.26. The highest BCUT2D eigenvalue weighted by Crippen LogP contribution is 2.30. The highest BCUT2D eigenvalue weighted by atomic mass is 19.4. The number of halogens is 3. The second kappa shape index (κ2) is 7.42. The number of H-pyrrole nitrogens is 1. The van der Waals surface area contributed by atoms with Gasteiger partial charge in [0.15, 0.2) is 0 Å². The number of rotatable bonds is 5. The van der Waals surface area contributed by atoms with Crippen LogP contribution in [0, 0.1) is 0 Å². The minimum atomic E-state index is -4.41.